The summed E-state index contributed by atoms with van der Waals surface area (Å²) in [6, 6.07) is 7.19. The lowest BCUT2D eigenvalue weighted by Gasteiger charge is -2.18. The van der Waals surface area contributed by atoms with Gasteiger partial charge >= 0.3 is 0 Å². The first-order valence-corrected chi connectivity index (χ1v) is 6.78. The van der Waals surface area contributed by atoms with Gasteiger partial charge in [0, 0.05) is 0 Å². The van der Waals surface area contributed by atoms with Crippen LogP contribution in [0.3, 0.4) is 0 Å². The molecule has 1 rings (SSSR count). The molecule has 0 aromatic heterocycles. The van der Waals surface area contributed by atoms with Gasteiger partial charge in [0.2, 0.25) is 5.91 Å². The summed E-state index contributed by atoms with van der Waals surface area (Å²) in [5, 5.41) is 2.94. The summed E-state index contributed by atoms with van der Waals surface area (Å²) in [6.45, 7) is 4.04. The average Bonchev–Trinajstić information content (AvgIpc) is 2.44. The van der Waals surface area contributed by atoms with Crippen molar-refractivity contribution in [1.82, 2.24) is 5.32 Å². The molecule has 0 saturated heterocycles. The standard InChI is InChI=1S/C15H24N2O2/c1-4-5-6-14(16)15(18)17-11(2)12-7-9-13(19-3)10-8-12/h7-11,14H,4-6,16H2,1-3H3,(H,17,18)/t11-,14?/m0/s1. The first-order valence-electron chi connectivity index (χ1n) is 6.78. The summed E-state index contributed by atoms with van der Waals surface area (Å²) >= 11 is 0. The normalized spacial score (nSPS) is 13.7. The molecule has 0 aliphatic heterocycles. The Hall–Kier alpha value is -1.55. The Bertz CT molecular complexity index is 390. The molecule has 4 nitrogen and oxygen atoms in total. The molecule has 0 aliphatic carbocycles. The van der Waals surface area contributed by atoms with Gasteiger partial charge in [-0.15, -0.1) is 0 Å². The monoisotopic (exact) mass is 264 g/mol. The largest absolute Gasteiger partial charge is 0.497 e. The Labute approximate surface area is 115 Å². The molecule has 0 heterocycles. The zero-order chi connectivity index (χ0) is 14.3. The molecule has 1 amide bonds. The van der Waals surface area contributed by atoms with E-state index in [0.29, 0.717) is 0 Å². The number of unbranched alkanes of at least 4 members (excludes halogenated alkanes) is 1. The molecule has 4 heteroatoms. The molecule has 0 bridgehead atoms. The van der Waals surface area contributed by atoms with Crippen molar-refractivity contribution in [1.29, 1.82) is 0 Å². The molecule has 1 aromatic carbocycles. The second-order valence-electron chi connectivity index (χ2n) is 4.75. The van der Waals surface area contributed by atoms with Crippen LogP contribution in [0, 0.1) is 0 Å². The maximum absolute atomic E-state index is 11.9. The Morgan fingerprint density at radius 1 is 1.37 bits per heavy atom. The maximum Gasteiger partial charge on any atom is 0.237 e. The summed E-state index contributed by atoms with van der Waals surface area (Å²) in [4.78, 5) is 11.9. The van der Waals surface area contributed by atoms with Gasteiger partial charge in [-0.3, -0.25) is 4.79 Å². The highest BCUT2D eigenvalue weighted by atomic mass is 16.5. The van der Waals surface area contributed by atoms with Crippen LogP contribution < -0.4 is 15.8 Å². The van der Waals surface area contributed by atoms with Crippen LogP contribution in [0.2, 0.25) is 0 Å². The van der Waals surface area contributed by atoms with E-state index in [1.807, 2.05) is 31.2 Å². The van der Waals surface area contributed by atoms with Gasteiger partial charge in [0.1, 0.15) is 5.75 Å². The van der Waals surface area contributed by atoms with Crippen LogP contribution in [0.15, 0.2) is 24.3 Å². The topological polar surface area (TPSA) is 64.4 Å². The molecule has 3 N–H and O–H groups in total. The highest BCUT2D eigenvalue weighted by molar-refractivity contribution is 5.81. The number of carbonyl (C=O) groups is 1. The van der Waals surface area contributed by atoms with Crippen LogP contribution in [0.5, 0.6) is 5.75 Å². The molecule has 0 spiro atoms. The third kappa shape index (κ3) is 4.91. The Kier molecular flexibility index (Phi) is 6.36. The molecule has 0 aliphatic rings. The van der Waals surface area contributed by atoms with Gasteiger partial charge in [0.15, 0.2) is 0 Å². The van der Waals surface area contributed by atoms with E-state index < -0.39 is 6.04 Å². The Morgan fingerprint density at radius 3 is 2.53 bits per heavy atom. The average molecular weight is 264 g/mol. The zero-order valence-electron chi connectivity index (χ0n) is 12.0. The summed E-state index contributed by atoms with van der Waals surface area (Å²) in [5.74, 6) is 0.721. The minimum Gasteiger partial charge on any atom is -0.497 e. The van der Waals surface area contributed by atoms with Crippen LogP contribution in [-0.2, 0) is 4.79 Å². The fraction of sp³-hybridized carbons (Fsp3) is 0.533. The SMILES string of the molecule is CCCCC(N)C(=O)N[C@@H](C)c1ccc(OC)cc1. The van der Waals surface area contributed by atoms with E-state index in [2.05, 4.69) is 12.2 Å². The second-order valence-corrected chi connectivity index (χ2v) is 4.75. The van der Waals surface area contributed by atoms with E-state index in [0.717, 1.165) is 30.6 Å². The smallest absolute Gasteiger partial charge is 0.237 e. The van der Waals surface area contributed by atoms with E-state index in [1.54, 1.807) is 7.11 Å². The quantitative estimate of drug-likeness (QED) is 0.794. The molecule has 0 radical (unpaired) electrons. The molecule has 0 saturated carbocycles. The van der Waals surface area contributed by atoms with Crippen LogP contribution >= 0.6 is 0 Å². The van der Waals surface area contributed by atoms with Crippen LogP contribution in [0.25, 0.3) is 0 Å². The van der Waals surface area contributed by atoms with Crippen molar-refractivity contribution in [3.8, 4) is 5.75 Å². The van der Waals surface area contributed by atoms with Crippen molar-refractivity contribution < 1.29 is 9.53 Å². The highest BCUT2D eigenvalue weighted by Gasteiger charge is 2.15. The maximum atomic E-state index is 11.9. The van der Waals surface area contributed by atoms with Crippen molar-refractivity contribution in [2.24, 2.45) is 5.73 Å². The first kappa shape index (κ1) is 15.5. The number of nitrogens with two attached hydrogens (primary N) is 1. The molecule has 1 unspecified atom stereocenters. The summed E-state index contributed by atoms with van der Waals surface area (Å²) in [7, 11) is 1.63. The van der Waals surface area contributed by atoms with E-state index in [-0.39, 0.29) is 11.9 Å². The highest BCUT2D eigenvalue weighted by Crippen LogP contribution is 2.17. The van der Waals surface area contributed by atoms with Gasteiger partial charge in [-0.25, -0.2) is 0 Å². The predicted molar refractivity (Wildman–Crippen MR) is 77.1 cm³/mol. The molecule has 19 heavy (non-hydrogen) atoms. The fourth-order valence-electron chi connectivity index (χ4n) is 1.85. The van der Waals surface area contributed by atoms with Gasteiger partial charge in [-0.05, 0) is 31.0 Å². The van der Waals surface area contributed by atoms with Crippen molar-refractivity contribution >= 4 is 5.91 Å². The van der Waals surface area contributed by atoms with Crippen molar-refractivity contribution in [3.63, 3.8) is 0 Å². The fourth-order valence-corrected chi connectivity index (χ4v) is 1.85. The second kappa shape index (κ2) is 7.79. The van der Waals surface area contributed by atoms with Gasteiger partial charge in [-0.2, -0.15) is 0 Å². The number of methoxy groups -OCH3 is 1. The number of hydrogen-bond acceptors (Lipinski definition) is 3. The Balaban J connectivity index is 2.53. The van der Waals surface area contributed by atoms with Crippen molar-refractivity contribution in [2.75, 3.05) is 7.11 Å². The van der Waals surface area contributed by atoms with Gasteiger partial charge in [0.25, 0.3) is 0 Å². The summed E-state index contributed by atoms with van der Waals surface area (Å²) < 4.78 is 5.11. The number of benzene rings is 1. The Morgan fingerprint density at radius 2 is 2.00 bits per heavy atom. The van der Waals surface area contributed by atoms with E-state index in [9.17, 15) is 4.79 Å². The molecule has 0 fully saturated rings. The molecule has 2 atom stereocenters. The minimum atomic E-state index is -0.416. The number of carbonyl (C=O) groups excluding carboxylic acids is 1. The van der Waals surface area contributed by atoms with Gasteiger partial charge < -0.3 is 15.8 Å². The number of ether oxygens (including phenoxy) is 1. The number of hydrogen-bond donors (Lipinski definition) is 2. The number of amides is 1. The molecule has 106 valence electrons. The lowest BCUT2D eigenvalue weighted by Crippen LogP contribution is -2.41. The molecular formula is C15H24N2O2. The first-order chi connectivity index (χ1) is 9.08. The van der Waals surface area contributed by atoms with Gasteiger partial charge in [0.05, 0.1) is 19.2 Å². The van der Waals surface area contributed by atoms with E-state index in [4.69, 9.17) is 10.5 Å². The van der Waals surface area contributed by atoms with Crippen LogP contribution in [-0.4, -0.2) is 19.1 Å². The third-order valence-corrected chi connectivity index (χ3v) is 3.18. The van der Waals surface area contributed by atoms with E-state index >= 15 is 0 Å². The number of nitrogens with one attached hydrogen (secondary N) is 1. The van der Waals surface area contributed by atoms with Crippen LogP contribution in [0.4, 0.5) is 0 Å². The minimum absolute atomic E-state index is 0.0499. The zero-order valence-corrected chi connectivity index (χ0v) is 12.0. The lowest BCUT2D eigenvalue weighted by molar-refractivity contribution is -0.123. The van der Waals surface area contributed by atoms with E-state index in [1.165, 1.54) is 0 Å². The predicted octanol–water partition coefficient (Wildman–Crippen LogP) is 2.39. The van der Waals surface area contributed by atoms with Crippen LogP contribution in [0.1, 0.15) is 44.7 Å². The lowest BCUT2D eigenvalue weighted by atomic mass is 10.1. The third-order valence-electron chi connectivity index (χ3n) is 3.18. The molecular weight excluding hydrogens is 240 g/mol. The van der Waals surface area contributed by atoms with Crippen molar-refractivity contribution in [3.05, 3.63) is 29.8 Å². The van der Waals surface area contributed by atoms with Gasteiger partial charge in [-0.1, -0.05) is 31.9 Å². The number of rotatable bonds is 7. The summed E-state index contributed by atoms with van der Waals surface area (Å²) in [5.41, 5.74) is 6.88. The molecule has 1 aromatic rings. The van der Waals surface area contributed by atoms with Crippen molar-refractivity contribution in [2.45, 2.75) is 45.2 Å². The summed E-state index contributed by atoms with van der Waals surface area (Å²) in [6.07, 6.45) is 2.76.